The van der Waals surface area contributed by atoms with E-state index in [-0.39, 0.29) is 24.9 Å². The first kappa shape index (κ1) is 75.0. The van der Waals surface area contributed by atoms with Crippen molar-refractivity contribution in [1.29, 1.82) is 0 Å². The van der Waals surface area contributed by atoms with Crippen LogP contribution in [0.25, 0.3) is 0 Å². The number of unbranched alkanes of at least 4 members (excludes halogenated alkanes) is 38. The van der Waals surface area contributed by atoms with Crippen LogP contribution in [-0.4, -0.2) is 69.4 Å². The van der Waals surface area contributed by atoms with Crippen LogP contribution in [0, 0.1) is 0 Å². The third-order valence-corrected chi connectivity index (χ3v) is 15.7. The zero-order valence-corrected chi connectivity index (χ0v) is 52.6. The van der Waals surface area contributed by atoms with E-state index in [1.807, 2.05) is 33.3 Å². The minimum Gasteiger partial charge on any atom is -0.756 e. The Morgan fingerprint density at radius 1 is 0.455 bits per heavy atom. The predicted molar refractivity (Wildman–Crippen MR) is 330 cm³/mol. The van der Waals surface area contributed by atoms with Gasteiger partial charge in [0.1, 0.15) is 19.3 Å². The molecule has 0 heterocycles. The van der Waals surface area contributed by atoms with E-state index in [9.17, 15) is 19.0 Å². The Balaban J connectivity index is 5.22. The van der Waals surface area contributed by atoms with Crippen LogP contribution < -0.4 is 10.2 Å². The Kier molecular flexibility index (Phi) is 55.7. The maximum absolute atomic E-state index is 13.5. The van der Waals surface area contributed by atoms with Gasteiger partial charge in [-0.2, -0.15) is 0 Å². The molecule has 0 saturated heterocycles. The van der Waals surface area contributed by atoms with Gasteiger partial charge in [-0.15, -0.1) is 0 Å². The molecule has 0 aliphatic rings. The van der Waals surface area contributed by atoms with Crippen LogP contribution in [0.1, 0.15) is 316 Å². The maximum Gasteiger partial charge on any atom is 0.306 e. The number of hydrogen-bond donors (Lipinski definition) is 1. The quantitative estimate of drug-likeness (QED) is 0.0212. The van der Waals surface area contributed by atoms with E-state index in [4.69, 9.17) is 13.8 Å². The zero-order valence-electron chi connectivity index (χ0n) is 51.7. The second-order valence-corrected chi connectivity index (χ2v) is 25.0. The molecule has 1 amide bonds. The number of carbonyl (C=O) groups is 2. The number of phosphoric ester groups is 1. The lowest BCUT2D eigenvalue weighted by Gasteiger charge is -2.30. The molecule has 0 spiro atoms. The van der Waals surface area contributed by atoms with Crippen molar-refractivity contribution in [3.63, 3.8) is 0 Å². The van der Waals surface area contributed by atoms with Gasteiger partial charge in [0.2, 0.25) is 5.91 Å². The van der Waals surface area contributed by atoms with E-state index in [0.29, 0.717) is 23.9 Å². The number of allylic oxidation sites excluding steroid dienone is 7. The van der Waals surface area contributed by atoms with Gasteiger partial charge in [-0.1, -0.05) is 282 Å². The highest BCUT2D eigenvalue weighted by atomic mass is 31.2. The lowest BCUT2D eigenvalue weighted by Crippen LogP contribution is -2.47. The summed E-state index contributed by atoms with van der Waals surface area (Å²) in [5.41, 5.74) is 0. The molecular weight excluding hydrogens is 976 g/mol. The molecule has 3 unspecified atom stereocenters. The molecule has 0 aromatic rings. The summed E-state index contributed by atoms with van der Waals surface area (Å²) in [6, 6.07) is -0.898. The van der Waals surface area contributed by atoms with Gasteiger partial charge in [-0.25, -0.2) is 0 Å². The second kappa shape index (κ2) is 57.2. The summed E-state index contributed by atoms with van der Waals surface area (Å²) in [6.07, 6.45) is 70.8. The Labute approximate surface area is 478 Å². The van der Waals surface area contributed by atoms with E-state index >= 15 is 0 Å². The van der Waals surface area contributed by atoms with Crippen LogP contribution in [-0.2, 0) is 27.9 Å². The fourth-order valence-electron chi connectivity index (χ4n) is 9.65. The van der Waals surface area contributed by atoms with Gasteiger partial charge < -0.3 is 28.5 Å². The summed E-state index contributed by atoms with van der Waals surface area (Å²) in [4.78, 5) is 40.1. The number of amides is 1. The summed E-state index contributed by atoms with van der Waals surface area (Å²) in [6.45, 7) is 6.84. The Hall–Kier alpha value is -2.03. The zero-order chi connectivity index (χ0) is 56.4. The molecule has 0 bridgehead atoms. The smallest absolute Gasteiger partial charge is 0.306 e. The third-order valence-electron chi connectivity index (χ3n) is 14.8. The normalized spacial score (nSPS) is 13.9. The number of carbonyl (C=O) groups excluding carboxylic acids is 2. The predicted octanol–water partition coefficient (Wildman–Crippen LogP) is 19.8. The molecule has 10 heteroatoms. The molecule has 0 aliphatic carbocycles. The summed E-state index contributed by atoms with van der Waals surface area (Å²) >= 11 is 0. The topological polar surface area (TPSA) is 114 Å². The van der Waals surface area contributed by atoms with Crippen molar-refractivity contribution in [2.75, 3.05) is 40.9 Å². The fraction of sp³-hybridized carbons (Fsp3) is 0.851. The van der Waals surface area contributed by atoms with Crippen LogP contribution in [0.2, 0.25) is 0 Å². The van der Waals surface area contributed by atoms with E-state index in [1.54, 1.807) is 0 Å². The van der Waals surface area contributed by atoms with E-state index in [0.717, 1.165) is 77.0 Å². The Morgan fingerprint density at radius 3 is 1.21 bits per heavy atom. The lowest BCUT2D eigenvalue weighted by atomic mass is 10.0. The van der Waals surface area contributed by atoms with Crippen LogP contribution in [0.4, 0.5) is 0 Å². The monoisotopic (exact) mass is 1100 g/mol. The molecule has 1 N–H and O–H groups in total. The summed E-state index contributed by atoms with van der Waals surface area (Å²) in [5.74, 6) is -0.553. The number of quaternary nitrogens is 1. The summed E-state index contributed by atoms with van der Waals surface area (Å²) in [5, 5.41) is 3.03. The average Bonchev–Trinajstić information content (AvgIpc) is 3.39. The van der Waals surface area contributed by atoms with Gasteiger partial charge in [0.15, 0.2) is 0 Å². The standard InChI is InChI=1S/C67H127N2O7P/c1-7-10-13-16-19-22-25-28-30-32-33-34-35-37-39-42-45-48-51-54-57-60-67(71)76-65(58-55-52-49-46-43-40-27-24-21-18-15-12-9-3)64(63-75-77(72,73)74-62-61-69(4,5)6)68-66(70)59-56-53-50-47-44-41-38-36-31-29-26-23-20-17-14-11-8-2/h20,23,29,31,38,41,55,58,64-65H,7-19,21-22,24-28,30,32-37,39-40,42-54,56-57,59-63H2,1-6H3,(H-,68,70,72,73)/b23-20-,31-29-,41-38-,58-55+. The number of ether oxygens (including phenoxy) is 1. The highest BCUT2D eigenvalue weighted by molar-refractivity contribution is 7.45. The number of hydrogen-bond acceptors (Lipinski definition) is 7. The maximum atomic E-state index is 13.5. The van der Waals surface area contributed by atoms with E-state index < -0.39 is 26.6 Å². The first-order valence-corrected chi connectivity index (χ1v) is 34.4. The van der Waals surface area contributed by atoms with E-state index in [2.05, 4.69) is 62.5 Å². The van der Waals surface area contributed by atoms with Gasteiger partial charge in [0, 0.05) is 12.8 Å². The molecule has 0 aromatic heterocycles. The number of esters is 1. The minimum atomic E-state index is -4.71. The van der Waals surface area contributed by atoms with Crippen LogP contribution >= 0.6 is 7.82 Å². The number of likely N-dealkylation sites (N-methyl/N-ethyl adjacent to an activating group) is 1. The number of phosphoric acid groups is 1. The fourth-order valence-corrected chi connectivity index (χ4v) is 10.4. The van der Waals surface area contributed by atoms with Crippen molar-refractivity contribution in [1.82, 2.24) is 5.32 Å². The van der Waals surface area contributed by atoms with Crippen molar-refractivity contribution in [3.8, 4) is 0 Å². The van der Waals surface area contributed by atoms with Crippen molar-refractivity contribution >= 4 is 19.7 Å². The molecule has 77 heavy (non-hydrogen) atoms. The van der Waals surface area contributed by atoms with Gasteiger partial charge in [-0.3, -0.25) is 14.2 Å². The number of nitrogens with one attached hydrogen (secondary N) is 1. The molecule has 9 nitrogen and oxygen atoms in total. The van der Waals surface area contributed by atoms with Gasteiger partial charge >= 0.3 is 5.97 Å². The molecule has 0 saturated carbocycles. The number of nitrogens with zero attached hydrogens (tertiary/aromatic N) is 1. The molecule has 452 valence electrons. The summed E-state index contributed by atoms with van der Waals surface area (Å²) < 4.78 is 30.4. The highest BCUT2D eigenvalue weighted by Gasteiger charge is 2.27. The average molecular weight is 1100 g/mol. The molecule has 3 atom stereocenters. The Morgan fingerprint density at radius 2 is 0.792 bits per heavy atom. The molecule has 0 aromatic carbocycles. The molecular formula is C67H127N2O7P. The van der Waals surface area contributed by atoms with Crippen LogP contribution in [0.15, 0.2) is 48.6 Å². The summed E-state index contributed by atoms with van der Waals surface area (Å²) in [7, 11) is 1.18. The lowest BCUT2D eigenvalue weighted by molar-refractivity contribution is -0.870. The van der Waals surface area contributed by atoms with Crippen molar-refractivity contribution in [2.45, 2.75) is 328 Å². The van der Waals surface area contributed by atoms with Crippen molar-refractivity contribution < 1.29 is 37.3 Å². The molecule has 0 fully saturated rings. The third kappa shape index (κ3) is 58.4. The van der Waals surface area contributed by atoms with Crippen molar-refractivity contribution in [3.05, 3.63) is 48.6 Å². The molecule has 0 radical (unpaired) electrons. The first-order valence-electron chi connectivity index (χ1n) is 32.9. The van der Waals surface area contributed by atoms with Gasteiger partial charge in [-0.05, 0) is 70.3 Å². The van der Waals surface area contributed by atoms with Crippen LogP contribution in [0.5, 0.6) is 0 Å². The first-order chi connectivity index (χ1) is 37.4. The largest absolute Gasteiger partial charge is 0.756 e. The molecule has 0 rings (SSSR count). The van der Waals surface area contributed by atoms with Crippen LogP contribution in [0.3, 0.4) is 0 Å². The van der Waals surface area contributed by atoms with Gasteiger partial charge in [0.05, 0.1) is 33.8 Å². The van der Waals surface area contributed by atoms with Gasteiger partial charge in [0.25, 0.3) is 7.82 Å². The molecule has 0 aliphatic heterocycles. The number of rotatable bonds is 60. The van der Waals surface area contributed by atoms with E-state index in [1.165, 1.54) is 199 Å². The Bertz CT molecular complexity index is 1460. The highest BCUT2D eigenvalue weighted by Crippen LogP contribution is 2.38. The minimum absolute atomic E-state index is 0.0257. The van der Waals surface area contributed by atoms with Crippen molar-refractivity contribution in [2.24, 2.45) is 0 Å². The second-order valence-electron chi connectivity index (χ2n) is 23.6. The SMILES string of the molecule is CCCCC/C=C\C/C=C\C/C=C\CCCCCCC(=O)NC(COP(=O)([O-])OCC[N+](C)(C)C)C(/C=C/CCCCCCCCCCCCC)OC(=O)CCCCCCCCCCCCCCCCCCCCCCC.